The van der Waals surface area contributed by atoms with Crippen LogP contribution in [0.1, 0.15) is 32.5 Å². The lowest BCUT2D eigenvalue weighted by Crippen LogP contribution is -2.55. The van der Waals surface area contributed by atoms with Crippen molar-refractivity contribution in [3.8, 4) is 0 Å². The van der Waals surface area contributed by atoms with Crippen molar-refractivity contribution in [2.24, 2.45) is 0 Å². The highest BCUT2D eigenvalue weighted by molar-refractivity contribution is 7.18. The maximum atomic E-state index is 13.1. The molecular weight excluding hydrogens is 414 g/mol. The molecule has 31 heavy (non-hydrogen) atoms. The average molecular weight is 436 g/mol. The molecule has 5 rings (SSSR count). The van der Waals surface area contributed by atoms with E-state index in [2.05, 4.69) is 20.9 Å². The third-order valence-electron chi connectivity index (χ3n) is 5.89. The van der Waals surface area contributed by atoms with E-state index in [1.165, 1.54) is 4.88 Å². The van der Waals surface area contributed by atoms with E-state index in [9.17, 15) is 14.4 Å². The second kappa shape index (κ2) is 7.42. The summed E-state index contributed by atoms with van der Waals surface area (Å²) in [6, 6.07) is 7.94. The number of aromatic nitrogens is 2. The van der Waals surface area contributed by atoms with Crippen LogP contribution < -0.4 is 4.90 Å². The van der Waals surface area contributed by atoms with E-state index in [1.54, 1.807) is 53.8 Å². The molecule has 0 aliphatic carbocycles. The first-order valence-corrected chi connectivity index (χ1v) is 11.0. The van der Waals surface area contributed by atoms with E-state index < -0.39 is 17.9 Å². The SMILES string of the molecule is Cc1cc2c(N3CCN(C(=O)C(C)N4C(=O)c5ccccc5C4=O)CC3)ncnc2s1. The molecule has 1 saturated heterocycles. The predicted molar refractivity (Wildman–Crippen MR) is 117 cm³/mol. The van der Waals surface area contributed by atoms with E-state index >= 15 is 0 Å². The zero-order valence-electron chi connectivity index (χ0n) is 17.2. The standard InChI is InChI=1S/C22H21N5O3S/c1-13-11-17-18(23-12-24-19(17)31-13)25-7-9-26(10-8-25)20(28)14(2)27-21(29)15-5-3-4-6-16(15)22(27)30/h3-6,11-12,14H,7-10H2,1-2H3. The Balaban J connectivity index is 1.29. The third kappa shape index (κ3) is 3.16. The van der Waals surface area contributed by atoms with Crippen LogP contribution in [0.2, 0.25) is 0 Å². The molecule has 0 spiro atoms. The van der Waals surface area contributed by atoms with Crippen molar-refractivity contribution in [3.63, 3.8) is 0 Å². The number of anilines is 1. The molecular formula is C22H21N5O3S. The summed E-state index contributed by atoms with van der Waals surface area (Å²) >= 11 is 1.64. The number of carbonyl (C=O) groups is 3. The first kappa shape index (κ1) is 19.6. The van der Waals surface area contributed by atoms with Gasteiger partial charge in [0.25, 0.3) is 11.8 Å². The van der Waals surface area contributed by atoms with Gasteiger partial charge in [0.15, 0.2) is 0 Å². The van der Waals surface area contributed by atoms with Crippen LogP contribution in [-0.2, 0) is 4.79 Å². The topological polar surface area (TPSA) is 86.7 Å². The van der Waals surface area contributed by atoms with Gasteiger partial charge in [-0.2, -0.15) is 0 Å². The molecule has 9 heteroatoms. The summed E-state index contributed by atoms with van der Waals surface area (Å²) in [4.78, 5) is 54.5. The fourth-order valence-electron chi connectivity index (χ4n) is 4.29. The number of hydrogen-bond donors (Lipinski definition) is 0. The predicted octanol–water partition coefficient (Wildman–Crippen LogP) is 2.33. The van der Waals surface area contributed by atoms with Crippen LogP contribution in [0, 0.1) is 6.92 Å². The van der Waals surface area contributed by atoms with E-state index in [1.807, 2.05) is 6.92 Å². The summed E-state index contributed by atoms with van der Waals surface area (Å²) in [6.07, 6.45) is 1.58. The van der Waals surface area contributed by atoms with Gasteiger partial charge in [0.05, 0.1) is 16.5 Å². The number of nitrogens with zero attached hydrogens (tertiary/aromatic N) is 5. The number of rotatable bonds is 3. The molecule has 158 valence electrons. The number of amides is 3. The van der Waals surface area contributed by atoms with Gasteiger partial charge in [0.2, 0.25) is 5.91 Å². The number of benzene rings is 1. The van der Waals surface area contributed by atoms with Crippen LogP contribution in [0.3, 0.4) is 0 Å². The van der Waals surface area contributed by atoms with Gasteiger partial charge < -0.3 is 9.80 Å². The van der Waals surface area contributed by atoms with Crippen LogP contribution in [0.25, 0.3) is 10.2 Å². The molecule has 1 unspecified atom stereocenters. The van der Waals surface area contributed by atoms with Crippen LogP contribution in [0.5, 0.6) is 0 Å². The van der Waals surface area contributed by atoms with Gasteiger partial charge in [0.1, 0.15) is 23.0 Å². The minimum absolute atomic E-state index is 0.214. The van der Waals surface area contributed by atoms with Crippen LogP contribution in [-0.4, -0.2) is 69.7 Å². The molecule has 3 amide bonds. The number of fused-ring (bicyclic) bond motifs is 2. The lowest BCUT2D eigenvalue weighted by atomic mass is 10.1. The van der Waals surface area contributed by atoms with E-state index in [4.69, 9.17) is 0 Å². The van der Waals surface area contributed by atoms with E-state index in [-0.39, 0.29) is 5.91 Å². The number of piperazine rings is 1. The number of carbonyl (C=O) groups excluding carboxylic acids is 3. The van der Waals surface area contributed by atoms with Crippen molar-refractivity contribution in [2.75, 3.05) is 31.1 Å². The Kier molecular flexibility index (Phi) is 4.70. The quantitative estimate of drug-likeness (QED) is 0.587. The Morgan fingerprint density at radius 2 is 1.68 bits per heavy atom. The molecule has 1 fully saturated rings. The molecule has 3 aromatic rings. The van der Waals surface area contributed by atoms with Gasteiger partial charge in [-0.3, -0.25) is 19.3 Å². The smallest absolute Gasteiger partial charge is 0.262 e. The first-order valence-electron chi connectivity index (χ1n) is 10.2. The molecule has 0 saturated carbocycles. The first-order chi connectivity index (χ1) is 15.0. The molecule has 4 heterocycles. The molecule has 2 aliphatic heterocycles. The van der Waals surface area contributed by atoms with Crippen LogP contribution >= 0.6 is 11.3 Å². The lowest BCUT2D eigenvalue weighted by Gasteiger charge is -2.37. The Labute approximate surface area is 183 Å². The molecule has 1 atom stereocenters. The summed E-state index contributed by atoms with van der Waals surface area (Å²) in [5.41, 5.74) is 0.714. The third-order valence-corrected chi connectivity index (χ3v) is 6.85. The van der Waals surface area contributed by atoms with Crippen molar-refractivity contribution >= 4 is 45.1 Å². The van der Waals surface area contributed by atoms with Crippen molar-refractivity contribution in [3.05, 3.63) is 52.7 Å². The maximum absolute atomic E-state index is 13.1. The largest absolute Gasteiger partial charge is 0.352 e. The van der Waals surface area contributed by atoms with Gasteiger partial charge in [-0.15, -0.1) is 11.3 Å². The average Bonchev–Trinajstić information content (AvgIpc) is 3.29. The number of hydrogen-bond acceptors (Lipinski definition) is 7. The number of thiophene rings is 1. The van der Waals surface area contributed by atoms with Crippen molar-refractivity contribution in [1.29, 1.82) is 0 Å². The molecule has 2 aliphatic rings. The van der Waals surface area contributed by atoms with Gasteiger partial charge in [-0.1, -0.05) is 12.1 Å². The number of imide groups is 1. The van der Waals surface area contributed by atoms with Gasteiger partial charge in [-0.05, 0) is 32.0 Å². The van der Waals surface area contributed by atoms with Gasteiger partial charge in [-0.25, -0.2) is 9.97 Å². The Morgan fingerprint density at radius 1 is 1.03 bits per heavy atom. The van der Waals surface area contributed by atoms with Gasteiger partial charge in [0, 0.05) is 31.1 Å². The monoisotopic (exact) mass is 435 g/mol. The summed E-state index contributed by atoms with van der Waals surface area (Å²) in [6.45, 7) is 5.93. The zero-order chi connectivity index (χ0) is 21.7. The van der Waals surface area contributed by atoms with E-state index in [0.717, 1.165) is 20.9 Å². The Bertz CT molecular complexity index is 1180. The highest BCUT2D eigenvalue weighted by Crippen LogP contribution is 2.30. The van der Waals surface area contributed by atoms with Crippen molar-refractivity contribution < 1.29 is 14.4 Å². The van der Waals surface area contributed by atoms with Crippen LogP contribution in [0.15, 0.2) is 36.7 Å². The summed E-state index contributed by atoms with van der Waals surface area (Å²) in [5, 5.41) is 1.03. The fraction of sp³-hybridized carbons (Fsp3) is 0.318. The molecule has 0 radical (unpaired) electrons. The minimum Gasteiger partial charge on any atom is -0.352 e. The maximum Gasteiger partial charge on any atom is 0.262 e. The second-order valence-corrected chi connectivity index (χ2v) is 9.02. The van der Waals surface area contributed by atoms with Crippen molar-refractivity contribution in [2.45, 2.75) is 19.9 Å². The Morgan fingerprint density at radius 3 is 2.32 bits per heavy atom. The molecule has 0 bridgehead atoms. The highest BCUT2D eigenvalue weighted by Gasteiger charge is 2.42. The molecule has 8 nitrogen and oxygen atoms in total. The van der Waals surface area contributed by atoms with E-state index in [0.29, 0.717) is 37.3 Å². The molecule has 2 aromatic heterocycles. The number of aryl methyl sites for hydroxylation is 1. The van der Waals surface area contributed by atoms with Crippen LogP contribution in [0.4, 0.5) is 5.82 Å². The summed E-state index contributed by atoms with van der Waals surface area (Å²) in [7, 11) is 0. The minimum atomic E-state index is -0.843. The van der Waals surface area contributed by atoms with Gasteiger partial charge >= 0.3 is 0 Å². The molecule has 1 aromatic carbocycles. The molecule has 0 N–H and O–H groups in total. The Hall–Kier alpha value is -3.33. The van der Waals surface area contributed by atoms with Crippen molar-refractivity contribution in [1.82, 2.24) is 19.8 Å². The zero-order valence-corrected chi connectivity index (χ0v) is 18.1. The second-order valence-electron chi connectivity index (χ2n) is 7.79. The summed E-state index contributed by atoms with van der Waals surface area (Å²) < 4.78 is 0. The normalized spacial score (nSPS) is 17.4. The fourth-order valence-corrected chi connectivity index (χ4v) is 5.13. The summed E-state index contributed by atoms with van der Waals surface area (Å²) in [5.74, 6) is -0.143. The lowest BCUT2D eigenvalue weighted by molar-refractivity contribution is -0.135. The highest BCUT2D eigenvalue weighted by atomic mass is 32.1.